The van der Waals surface area contributed by atoms with E-state index in [0.717, 1.165) is 51.7 Å². The van der Waals surface area contributed by atoms with E-state index in [4.69, 9.17) is 5.10 Å². The molecule has 5 rings (SSSR count). The number of fused-ring (bicyclic) bond motifs is 1. The van der Waals surface area contributed by atoms with Crippen LogP contribution in [0.3, 0.4) is 0 Å². The molecule has 0 saturated heterocycles. The number of hydrazone groups is 1. The van der Waals surface area contributed by atoms with Gasteiger partial charge in [-0.15, -0.1) is 22.7 Å². The summed E-state index contributed by atoms with van der Waals surface area (Å²) in [5.74, 6) is -0.574. The van der Waals surface area contributed by atoms with Gasteiger partial charge in [0.2, 0.25) is 5.69 Å². The van der Waals surface area contributed by atoms with Crippen molar-refractivity contribution in [3.05, 3.63) is 59.7 Å². The van der Waals surface area contributed by atoms with Gasteiger partial charge in [-0.25, -0.2) is 15.0 Å². The summed E-state index contributed by atoms with van der Waals surface area (Å²) < 4.78 is 1.41. The van der Waals surface area contributed by atoms with Gasteiger partial charge in [0.05, 0.1) is 42.8 Å². The highest BCUT2D eigenvalue weighted by atomic mass is 32.1. The minimum atomic E-state index is -0.563. The minimum absolute atomic E-state index is 0.0105. The van der Waals surface area contributed by atoms with Gasteiger partial charge in [-0.1, -0.05) is 0 Å². The predicted octanol–water partition coefficient (Wildman–Crippen LogP) is 4.78. The largest absolute Gasteiger partial charge is 0.320 e. The lowest BCUT2D eigenvalue weighted by atomic mass is 9.79. The third kappa shape index (κ3) is 3.76. The second-order valence-corrected chi connectivity index (χ2v) is 10.1. The van der Waals surface area contributed by atoms with Crippen molar-refractivity contribution in [3.8, 4) is 0 Å². The Morgan fingerprint density at radius 3 is 2.68 bits per heavy atom. The van der Waals surface area contributed by atoms with Crippen molar-refractivity contribution >= 4 is 46.1 Å². The van der Waals surface area contributed by atoms with Gasteiger partial charge in [-0.3, -0.25) is 19.6 Å². The van der Waals surface area contributed by atoms with Crippen LogP contribution in [0.2, 0.25) is 0 Å². The molecule has 0 spiro atoms. The Hall–Kier alpha value is -3.25. The summed E-state index contributed by atoms with van der Waals surface area (Å²) in [7, 11) is 0. The van der Waals surface area contributed by atoms with Crippen LogP contribution in [0.25, 0.3) is 6.08 Å². The molecule has 3 aromatic rings. The topological polar surface area (TPSA) is 119 Å². The highest BCUT2D eigenvalue weighted by molar-refractivity contribution is 7.10. The maximum Gasteiger partial charge on any atom is 0.320 e. The predicted molar refractivity (Wildman–Crippen MR) is 130 cm³/mol. The number of hydrogen-bond acceptors (Lipinski definition) is 9. The number of aromatic nitrogens is 4. The lowest BCUT2D eigenvalue weighted by Gasteiger charge is -2.28. The molecule has 12 heteroatoms. The van der Waals surface area contributed by atoms with Crippen molar-refractivity contribution in [2.45, 2.75) is 52.6 Å². The van der Waals surface area contributed by atoms with Crippen LogP contribution < -0.4 is 0 Å². The second-order valence-electron chi connectivity index (χ2n) is 8.33. The maximum atomic E-state index is 13.7. The molecule has 34 heavy (non-hydrogen) atoms. The third-order valence-electron chi connectivity index (χ3n) is 6.31. The molecule has 1 aliphatic carbocycles. The van der Waals surface area contributed by atoms with Crippen LogP contribution in [-0.4, -0.2) is 41.3 Å². The van der Waals surface area contributed by atoms with Crippen molar-refractivity contribution < 1.29 is 9.72 Å². The lowest BCUT2D eigenvalue weighted by Crippen LogP contribution is -2.32. The highest BCUT2D eigenvalue weighted by Gasteiger charge is 2.47. The number of carbonyl (C=O) groups excluding carboxylic acids is 1. The van der Waals surface area contributed by atoms with Crippen molar-refractivity contribution in [2.24, 2.45) is 11.0 Å². The molecule has 1 amide bonds. The first-order valence-electron chi connectivity index (χ1n) is 11.0. The van der Waals surface area contributed by atoms with E-state index >= 15 is 0 Å². The zero-order chi connectivity index (χ0) is 24.0. The molecule has 0 unspecified atom stereocenters. The van der Waals surface area contributed by atoms with Crippen LogP contribution in [0.5, 0.6) is 0 Å². The summed E-state index contributed by atoms with van der Waals surface area (Å²) in [5.41, 5.74) is 6.83. The molecular weight excluding hydrogens is 474 g/mol. The minimum Gasteiger partial charge on any atom is -0.265 e. The van der Waals surface area contributed by atoms with Crippen LogP contribution in [0.4, 0.5) is 5.69 Å². The van der Waals surface area contributed by atoms with Gasteiger partial charge >= 0.3 is 11.6 Å². The normalized spacial score (nSPS) is 21.1. The first-order chi connectivity index (χ1) is 16.4. The van der Waals surface area contributed by atoms with E-state index in [1.807, 2.05) is 26.3 Å². The number of allylic oxidation sites excluding steroid dienone is 1. The fraction of sp³-hybridized carbons (Fsp3) is 0.409. The number of rotatable bonds is 5. The lowest BCUT2D eigenvalue weighted by molar-refractivity contribution is -0.385. The van der Waals surface area contributed by atoms with Crippen molar-refractivity contribution in [3.63, 3.8) is 0 Å². The molecule has 10 nitrogen and oxygen atoms in total. The number of nitrogens with zero attached hydrogens (tertiary/aromatic N) is 7. The summed E-state index contributed by atoms with van der Waals surface area (Å²) in [6, 6.07) is -0.368. The molecule has 0 N–H and O–H groups in total. The molecule has 1 fully saturated rings. The molecule has 1 saturated carbocycles. The molecule has 2 aliphatic rings. The summed E-state index contributed by atoms with van der Waals surface area (Å²) in [6.45, 7) is 6.13. The van der Waals surface area contributed by atoms with E-state index in [0.29, 0.717) is 6.54 Å². The quantitative estimate of drug-likeness (QED) is 0.370. The van der Waals surface area contributed by atoms with Crippen molar-refractivity contribution in [2.75, 3.05) is 0 Å². The van der Waals surface area contributed by atoms with Crippen LogP contribution in [0, 0.1) is 29.9 Å². The number of aryl methyl sites for hydroxylation is 3. The number of amides is 1. The SMILES string of the molecule is CCn1cc([N+](=O)[O-])c(C(=O)N2N=C3/C(=C\c4scnc4C)CCC[C@@H]3[C@@H]2c2scnc2C)n1. The van der Waals surface area contributed by atoms with E-state index in [9.17, 15) is 14.9 Å². The Bertz CT molecular complexity index is 1340. The number of hydrogen-bond donors (Lipinski definition) is 0. The average molecular weight is 498 g/mol. The monoisotopic (exact) mass is 497 g/mol. The van der Waals surface area contributed by atoms with E-state index < -0.39 is 10.8 Å². The van der Waals surface area contributed by atoms with Crippen molar-refractivity contribution in [1.29, 1.82) is 0 Å². The van der Waals surface area contributed by atoms with Gasteiger partial charge in [0.15, 0.2) is 0 Å². The summed E-state index contributed by atoms with van der Waals surface area (Å²) in [6.07, 6.45) is 6.11. The number of nitro groups is 1. The van der Waals surface area contributed by atoms with Crippen LogP contribution in [0.1, 0.15) is 63.9 Å². The molecule has 2 atom stereocenters. The van der Waals surface area contributed by atoms with E-state index in [2.05, 4.69) is 21.1 Å². The number of carbonyl (C=O) groups is 1. The van der Waals surface area contributed by atoms with Crippen molar-refractivity contribution in [1.82, 2.24) is 24.8 Å². The molecule has 1 aliphatic heterocycles. The van der Waals surface area contributed by atoms with Crippen LogP contribution in [0.15, 0.2) is 27.9 Å². The van der Waals surface area contributed by atoms with Gasteiger partial charge in [0, 0.05) is 12.5 Å². The zero-order valence-corrected chi connectivity index (χ0v) is 20.6. The summed E-state index contributed by atoms with van der Waals surface area (Å²) in [4.78, 5) is 35.6. The van der Waals surface area contributed by atoms with Crippen LogP contribution in [-0.2, 0) is 6.54 Å². The Labute approximate surface area is 203 Å². The molecule has 0 radical (unpaired) electrons. The Kier molecular flexibility index (Phi) is 5.86. The smallest absolute Gasteiger partial charge is 0.265 e. The van der Waals surface area contributed by atoms with Gasteiger partial charge in [0.25, 0.3) is 0 Å². The fourth-order valence-corrected chi connectivity index (χ4v) is 6.30. The molecular formula is C22H23N7O3S2. The first kappa shape index (κ1) is 22.5. The Morgan fingerprint density at radius 1 is 1.26 bits per heavy atom. The van der Waals surface area contributed by atoms with Gasteiger partial charge < -0.3 is 0 Å². The zero-order valence-electron chi connectivity index (χ0n) is 19.0. The summed E-state index contributed by atoms with van der Waals surface area (Å²) in [5, 5.41) is 22.1. The number of thiazole rings is 2. The molecule has 4 heterocycles. The van der Waals surface area contributed by atoms with Gasteiger partial charge in [-0.2, -0.15) is 10.2 Å². The molecule has 0 bridgehead atoms. The second kappa shape index (κ2) is 8.84. The first-order valence-corrected chi connectivity index (χ1v) is 12.8. The fourth-order valence-electron chi connectivity index (χ4n) is 4.59. The maximum absolute atomic E-state index is 13.7. The summed E-state index contributed by atoms with van der Waals surface area (Å²) >= 11 is 3.06. The molecule has 0 aromatic carbocycles. The van der Waals surface area contributed by atoms with E-state index in [-0.39, 0.29) is 23.3 Å². The average Bonchev–Trinajstić information content (AvgIpc) is 3.59. The van der Waals surface area contributed by atoms with Gasteiger partial charge in [0.1, 0.15) is 12.2 Å². The highest BCUT2D eigenvalue weighted by Crippen LogP contribution is 2.47. The van der Waals surface area contributed by atoms with E-state index in [1.165, 1.54) is 27.2 Å². The third-order valence-corrected chi connectivity index (χ3v) is 8.19. The van der Waals surface area contributed by atoms with Gasteiger partial charge in [-0.05, 0) is 51.7 Å². The Balaban J connectivity index is 1.62. The van der Waals surface area contributed by atoms with E-state index in [1.54, 1.807) is 16.8 Å². The van der Waals surface area contributed by atoms with Crippen LogP contribution >= 0.6 is 22.7 Å². The standard InChI is InChI=1S/C22H23N7O3S2/c1-4-27-9-16(29(31)32)19(25-27)22(30)28-20(21-13(3)24-11-34-21)15-7-5-6-14(18(15)26-28)8-17-12(2)23-10-33-17/h8-11,15,20H,4-7H2,1-3H3/b14-8-/t15-,20+/m0/s1. The molecule has 3 aromatic heterocycles. The molecule has 176 valence electrons. The Morgan fingerprint density at radius 2 is 2.03 bits per heavy atom.